The molecule has 0 bridgehead atoms. The average Bonchev–Trinajstić information content (AvgIpc) is 1.36. The summed E-state index contributed by atoms with van der Waals surface area (Å²) in [6.45, 7) is 9.44. The lowest BCUT2D eigenvalue weighted by Crippen LogP contribution is -2.70. The highest BCUT2D eigenvalue weighted by molar-refractivity contribution is 6.99. The molecule has 28 heteroatoms. The summed E-state index contributed by atoms with van der Waals surface area (Å²) in [6.07, 6.45) is -24.8. The summed E-state index contributed by atoms with van der Waals surface area (Å²) in [5.74, 6) is -1.12. The van der Waals surface area contributed by atoms with Gasteiger partial charge >= 0.3 is 24.4 Å². The zero-order valence-electron chi connectivity index (χ0n) is 68.5. The minimum absolute atomic E-state index is 0.0233. The van der Waals surface area contributed by atoms with E-state index in [1.807, 2.05) is 226 Å². The van der Waals surface area contributed by atoms with Crippen molar-refractivity contribution in [2.45, 2.75) is 200 Å². The van der Waals surface area contributed by atoms with Gasteiger partial charge in [0.25, 0.3) is 16.6 Å². The van der Waals surface area contributed by atoms with Gasteiger partial charge in [-0.15, -0.1) is 0 Å². The Bertz CT molecular complexity index is 4840. The molecule has 0 spiro atoms. The normalized spacial score (nSPS) is 29.0. The molecule has 8 N–H and O–H groups in total. The second-order valence-electron chi connectivity index (χ2n) is 33.8. The Morgan fingerprint density at radius 1 is 0.508 bits per heavy atom. The van der Waals surface area contributed by atoms with E-state index < -0.39 is 180 Å². The van der Waals surface area contributed by atoms with Crippen molar-refractivity contribution in [3.8, 4) is 0 Å². The number of rotatable bonds is 26. The molecule has 1 aliphatic carbocycles. The maximum absolute atomic E-state index is 14.9. The highest BCUT2D eigenvalue weighted by Gasteiger charge is 2.63. The van der Waals surface area contributed by atoms with Crippen LogP contribution in [0.4, 0.5) is 19.2 Å². The van der Waals surface area contributed by atoms with Crippen LogP contribution in [-0.2, 0) is 85.8 Å². The molecule has 4 amide bonds. The van der Waals surface area contributed by atoms with E-state index in [4.69, 9.17) is 71.7 Å². The first-order chi connectivity index (χ1) is 59.1. The molecule has 9 aromatic rings. The van der Waals surface area contributed by atoms with Gasteiger partial charge < -0.3 is 103 Å². The fourth-order valence-electron chi connectivity index (χ4n) is 18.4. The molecule has 7 fully saturated rings. The predicted octanol–water partition coefficient (Wildman–Crippen LogP) is 9.80. The number of aliphatic hydroxyl groups is 2. The van der Waals surface area contributed by atoms with Gasteiger partial charge in [-0.2, -0.15) is 0 Å². The van der Waals surface area contributed by atoms with Crippen LogP contribution in [0.1, 0.15) is 87.8 Å². The second kappa shape index (κ2) is 37.6. The average molecular weight is 1700 g/mol. The van der Waals surface area contributed by atoms with Crippen LogP contribution >= 0.6 is 0 Å². The standard InChI is InChI=1S/C94H105N5O21Si2/c1-93(2,3)122(66-47-29-13-30-48-66,67-49-31-14-32-50-67)111-58-73-78(116-87-74(97-89(102)108-54-59-33-15-6-16-34-59)76(100)81-71(112-87)53-99(84(115-81)62-39-21-9-22-40-62)92(105)110-56-61-37-19-8-20-38-61)68(52-94(4,5)121(106,64-43-25-11-26-44-64)65-45-27-12-28-46-65)86(113-73)119-83-79(69(95)51-70-80(83)120-91(104)96-70)117-88-75(98-90(103)109-55-60-35-17-7-18-36-60)77(101)82-72(114-88)57-107-85(118-82)63-41-23-10-24-42-63/h6-50,68-88,100-101,106H,51-58,95H2,1-5H3,(H,96,104)(H,97,102)(H,98,103)/t68-,69+,70-,71+,72-,73-,74-,75-,76-,77+,78+,79-,80+,81-,82-,83+,84?,85?,86+,87-,88-/m1/s1. The first kappa shape index (κ1) is 85.5. The van der Waals surface area contributed by atoms with E-state index in [1.54, 1.807) is 36.4 Å². The van der Waals surface area contributed by atoms with E-state index in [0.717, 1.165) is 15.9 Å². The third-order valence-corrected chi connectivity index (χ3v) is 33.9. The van der Waals surface area contributed by atoms with Gasteiger partial charge in [0.05, 0.1) is 31.9 Å². The largest absolute Gasteiger partial charge is 0.445 e. The first-order valence-corrected chi connectivity index (χ1v) is 45.5. The van der Waals surface area contributed by atoms with Gasteiger partial charge in [-0.05, 0) is 60.4 Å². The molecule has 6 saturated heterocycles. The Hall–Kier alpha value is -10.1. The quantitative estimate of drug-likeness (QED) is 0.0196. The molecule has 0 radical (unpaired) electrons. The van der Waals surface area contributed by atoms with E-state index in [9.17, 15) is 34.2 Å². The van der Waals surface area contributed by atoms with E-state index in [1.165, 1.54) is 4.90 Å². The molecule has 26 nitrogen and oxygen atoms in total. The molecular formula is C94H105N5O21Si2. The van der Waals surface area contributed by atoms with Gasteiger partial charge in [0, 0.05) is 23.1 Å². The Balaban J connectivity index is 0.828. The maximum Gasteiger partial charge on any atom is 0.412 e. The third kappa shape index (κ3) is 18.3. The topological polar surface area (TPSA) is 324 Å². The molecule has 21 atom stereocenters. The van der Waals surface area contributed by atoms with Gasteiger partial charge in [0.1, 0.15) is 86.8 Å². The van der Waals surface area contributed by atoms with E-state index >= 15 is 0 Å². The van der Waals surface area contributed by atoms with Crippen LogP contribution < -0.4 is 42.4 Å². The summed E-state index contributed by atoms with van der Waals surface area (Å²) in [6, 6.07) is 79.9. The number of alkyl carbamates (subject to hydrolysis) is 3. The van der Waals surface area contributed by atoms with Crippen molar-refractivity contribution in [3.63, 3.8) is 0 Å². The molecule has 6 aliphatic heterocycles. The molecule has 2 unspecified atom stereocenters. The molecule has 7 aliphatic rings. The van der Waals surface area contributed by atoms with Crippen LogP contribution in [0, 0.1) is 5.92 Å². The van der Waals surface area contributed by atoms with Gasteiger partial charge in [-0.1, -0.05) is 308 Å². The van der Waals surface area contributed by atoms with Gasteiger partial charge in [0.15, 0.2) is 37.5 Å². The lowest BCUT2D eigenvalue weighted by Gasteiger charge is -2.51. The van der Waals surface area contributed by atoms with Crippen LogP contribution in [-0.4, -0.2) is 191 Å². The molecule has 6 heterocycles. The predicted molar refractivity (Wildman–Crippen MR) is 453 cm³/mol. The number of nitrogens with zero attached hydrogens (tertiary/aromatic N) is 1. The summed E-state index contributed by atoms with van der Waals surface area (Å²) in [4.78, 5) is 74.1. The minimum Gasteiger partial charge on any atom is -0.445 e. The highest BCUT2D eigenvalue weighted by Crippen LogP contribution is 2.51. The van der Waals surface area contributed by atoms with Crippen molar-refractivity contribution in [3.05, 3.63) is 301 Å². The number of carbonyl (C=O) groups is 4. The van der Waals surface area contributed by atoms with Crippen molar-refractivity contribution in [2.24, 2.45) is 11.7 Å². The Morgan fingerprint density at radius 2 is 0.943 bits per heavy atom. The minimum atomic E-state index is -4.14. The summed E-state index contributed by atoms with van der Waals surface area (Å²) < 4.78 is 96.9. The number of carbonyl (C=O) groups excluding carboxylic acids is 4. The number of benzene rings is 9. The molecule has 640 valence electrons. The zero-order valence-corrected chi connectivity index (χ0v) is 70.5. The molecule has 16 rings (SSSR count). The number of nitrogens with two attached hydrogens (primary N) is 1. The van der Waals surface area contributed by atoms with Crippen molar-refractivity contribution in [1.29, 1.82) is 0 Å². The van der Waals surface area contributed by atoms with E-state index in [0.29, 0.717) is 32.6 Å². The van der Waals surface area contributed by atoms with Crippen molar-refractivity contribution in [2.75, 3.05) is 19.8 Å². The van der Waals surface area contributed by atoms with E-state index in [2.05, 4.69) is 61.0 Å². The van der Waals surface area contributed by atoms with Crippen LogP contribution in [0.25, 0.3) is 0 Å². The van der Waals surface area contributed by atoms with Crippen molar-refractivity contribution < 1.29 is 100 Å². The number of ether oxygens (including phenoxy) is 13. The van der Waals surface area contributed by atoms with Crippen molar-refractivity contribution in [1.82, 2.24) is 20.9 Å². The molecule has 1 saturated carbocycles. The maximum atomic E-state index is 14.9. The number of fused-ring (bicyclic) bond motifs is 3. The summed E-state index contributed by atoms with van der Waals surface area (Å²) in [5, 5.41) is 36.5. The van der Waals surface area contributed by atoms with Crippen LogP contribution in [0.15, 0.2) is 273 Å². The third-order valence-electron chi connectivity index (χ3n) is 24.4. The van der Waals surface area contributed by atoms with Gasteiger partial charge in [-0.25, -0.2) is 19.2 Å². The van der Waals surface area contributed by atoms with Crippen LogP contribution in [0.5, 0.6) is 0 Å². The lowest BCUT2D eigenvalue weighted by atomic mass is 9.83. The second-order valence-corrected chi connectivity index (χ2v) is 42.0. The smallest absolute Gasteiger partial charge is 0.412 e. The molecule has 122 heavy (non-hydrogen) atoms. The zero-order chi connectivity index (χ0) is 84.7. The number of hydrogen-bond acceptors (Lipinski definition) is 22. The fraction of sp³-hybridized carbons (Fsp3) is 0.383. The molecule has 0 aromatic heterocycles. The first-order valence-electron chi connectivity index (χ1n) is 41.6. The van der Waals surface area contributed by atoms with E-state index in [-0.39, 0.29) is 52.4 Å². The number of nitrogens with one attached hydrogen (secondary N) is 3. The van der Waals surface area contributed by atoms with Crippen LogP contribution in [0.2, 0.25) is 10.1 Å². The number of amides is 4. The summed E-state index contributed by atoms with van der Waals surface area (Å²) in [5.41, 5.74) is 10.8. The highest BCUT2D eigenvalue weighted by atomic mass is 28.4. The number of hydrogen-bond donors (Lipinski definition) is 7. The Kier molecular flexibility index (Phi) is 26.3. The fourth-order valence-corrected chi connectivity index (χ4v) is 26.7. The summed E-state index contributed by atoms with van der Waals surface area (Å²) in [7, 11) is -7.74. The van der Waals surface area contributed by atoms with Gasteiger partial charge in [0.2, 0.25) is 0 Å². The van der Waals surface area contributed by atoms with Gasteiger partial charge in [-0.3, -0.25) is 4.90 Å². The molecular weight excluding hydrogens is 1590 g/mol. The SMILES string of the molecule is CC(C)(C[C@H]1[C@H](O[C@@H]2[C@H]3OC(=O)N[C@@H]3C[C@H](N)[C@H]2O[C@H]2O[C@@H]3COC(c4ccccc4)O[C@H]3[C@@H](O)[C@H]2NC(=O)OCc2ccccc2)O[C@H](CO[Si](c2ccccc2)(c2ccccc2)C(C)(C)C)[C@H]1O[C@H]1O[C@H]2CN(C(=O)OCc3ccccc3)C(c3ccccc3)O[C@H]2[C@H](O)[C@H]1NC(=O)OCc1ccccc1)[Si](O)(c1ccccc1)c1ccccc1. The van der Waals surface area contributed by atoms with Crippen LogP contribution in [0.3, 0.4) is 0 Å². The Labute approximate surface area is 711 Å². The summed E-state index contributed by atoms with van der Waals surface area (Å²) >= 11 is 0. The molecule has 9 aromatic carbocycles. The number of aliphatic hydroxyl groups excluding tert-OH is 2. The lowest BCUT2D eigenvalue weighted by molar-refractivity contribution is -0.357. The Morgan fingerprint density at radius 3 is 1.44 bits per heavy atom. The van der Waals surface area contributed by atoms with Crippen molar-refractivity contribution >= 4 is 61.8 Å². The monoisotopic (exact) mass is 1700 g/mol.